The summed E-state index contributed by atoms with van der Waals surface area (Å²) in [4.78, 5) is 0. The minimum absolute atomic E-state index is 0. The fourth-order valence-electron chi connectivity index (χ4n) is 0. The molecule has 0 aliphatic heterocycles. The van der Waals surface area contributed by atoms with Crippen LogP contribution in [0.2, 0.25) is 0 Å². The van der Waals surface area contributed by atoms with E-state index in [2.05, 4.69) is 0 Å². The van der Waals surface area contributed by atoms with Gasteiger partial charge in [0.05, 0.1) is 0 Å². The molecule has 0 radical (unpaired) electrons. The second-order valence-electron chi connectivity index (χ2n) is 0. The predicted molar refractivity (Wildman–Crippen MR) is 32.5 cm³/mol. The Morgan fingerprint density at radius 1 is 0.200 bits per heavy atom. The Labute approximate surface area is 67.3 Å². The molecule has 0 aliphatic carbocycles. The molecule has 0 unspecified atom stereocenters. The van der Waals surface area contributed by atoms with E-state index in [1.54, 1.807) is 0 Å². The summed E-state index contributed by atoms with van der Waals surface area (Å²) in [5, 5.41) is 0. The molecule has 0 atom stereocenters. The second kappa shape index (κ2) is 24000. The number of hydrogen-bond donors (Lipinski definition) is 0. The zero-order valence-corrected chi connectivity index (χ0v) is 5.96. The van der Waals surface area contributed by atoms with E-state index in [0.29, 0.717) is 0 Å². The Balaban J connectivity index is 0. The first-order chi connectivity index (χ1) is 0. The Morgan fingerprint density at radius 3 is 0.200 bits per heavy atom. The average Bonchev–Trinajstić information content (AvgIpc) is 0. The van der Waals surface area contributed by atoms with Crippen LogP contribution < -0.4 is 0 Å². The van der Waals surface area contributed by atoms with Gasteiger partial charge in [-0.25, -0.2) is 0 Å². The first kappa shape index (κ1) is 33500. The summed E-state index contributed by atoms with van der Waals surface area (Å²) in [6.07, 6.45) is 0. The van der Waals surface area contributed by atoms with E-state index in [1.807, 2.05) is 0 Å². The molecule has 10 heteroatoms. The number of rotatable bonds is 0. The monoisotopic (exact) mass is 218 g/mol. The summed E-state index contributed by atoms with van der Waals surface area (Å²) in [5.74, 6) is 0. The quantitative estimate of drug-likeness (QED) is 0.342. The Hall–Kier alpha value is 0.159. The molecular formula is H18FeO9. The normalized spacial score (nSPS) is 0. The van der Waals surface area contributed by atoms with Crippen LogP contribution in [0.1, 0.15) is 0 Å². The topological polar surface area (TPSA) is 284 Å². The van der Waals surface area contributed by atoms with Gasteiger partial charge in [0.25, 0.3) is 0 Å². The minimum Gasteiger partial charge on any atom is -0.412 e. The van der Waals surface area contributed by atoms with Crippen molar-refractivity contribution in [3.63, 3.8) is 0 Å². The van der Waals surface area contributed by atoms with Crippen LogP contribution in [0, 0.1) is 0 Å². The fraction of sp³-hybridized carbons (Fsp3) is 0. The first-order valence-corrected chi connectivity index (χ1v) is 0. The number of hydrogen-bond acceptors (Lipinski definition) is 0. The van der Waals surface area contributed by atoms with Crippen LogP contribution in [0.3, 0.4) is 0 Å². The summed E-state index contributed by atoms with van der Waals surface area (Å²) < 4.78 is 0. The third-order valence-corrected chi connectivity index (χ3v) is 0. The molecule has 0 spiro atoms. The van der Waals surface area contributed by atoms with Crippen LogP contribution in [0.4, 0.5) is 0 Å². The minimum atomic E-state index is 0. The van der Waals surface area contributed by atoms with E-state index in [-0.39, 0.29) is 66.4 Å². The van der Waals surface area contributed by atoms with E-state index in [1.165, 1.54) is 0 Å². The van der Waals surface area contributed by atoms with Gasteiger partial charge in [0.15, 0.2) is 0 Å². The molecule has 80 valence electrons. The van der Waals surface area contributed by atoms with Crippen molar-refractivity contribution in [2.75, 3.05) is 0 Å². The summed E-state index contributed by atoms with van der Waals surface area (Å²) in [6.45, 7) is 0. The van der Waals surface area contributed by atoms with E-state index in [9.17, 15) is 0 Å². The molecule has 0 aromatic rings. The van der Waals surface area contributed by atoms with Crippen LogP contribution in [0.15, 0.2) is 0 Å². The van der Waals surface area contributed by atoms with Gasteiger partial charge in [0.1, 0.15) is 0 Å². The molecule has 9 nitrogen and oxygen atoms in total. The van der Waals surface area contributed by atoms with Crippen LogP contribution >= 0.6 is 0 Å². The molecule has 0 saturated heterocycles. The van der Waals surface area contributed by atoms with Crippen molar-refractivity contribution in [3.8, 4) is 0 Å². The van der Waals surface area contributed by atoms with Crippen LogP contribution in [-0.2, 0) is 17.1 Å². The van der Waals surface area contributed by atoms with Crippen molar-refractivity contribution in [2.45, 2.75) is 0 Å². The summed E-state index contributed by atoms with van der Waals surface area (Å²) >= 11 is 0. The zero-order chi connectivity index (χ0) is 0. The molecule has 0 bridgehead atoms. The van der Waals surface area contributed by atoms with Crippen molar-refractivity contribution in [3.05, 3.63) is 0 Å². The van der Waals surface area contributed by atoms with E-state index < -0.39 is 0 Å². The molecule has 0 aliphatic rings. The summed E-state index contributed by atoms with van der Waals surface area (Å²) in [7, 11) is 0. The zero-order valence-electron chi connectivity index (χ0n) is 4.85. The molecule has 0 fully saturated rings. The summed E-state index contributed by atoms with van der Waals surface area (Å²) in [5.41, 5.74) is 0. The maximum Gasteiger partial charge on any atom is 0 e. The Bertz CT molecular complexity index is 4.69. The van der Waals surface area contributed by atoms with Gasteiger partial charge in [-0.05, 0) is 0 Å². The van der Waals surface area contributed by atoms with Crippen molar-refractivity contribution in [1.29, 1.82) is 0 Å². The molecule has 0 heterocycles. The smallest absolute Gasteiger partial charge is 0 e. The van der Waals surface area contributed by atoms with Gasteiger partial charge in [-0.1, -0.05) is 0 Å². The van der Waals surface area contributed by atoms with Crippen LogP contribution in [0.5, 0.6) is 0 Å². The van der Waals surface area contributed by atoms with Crippen LogP contribution in [-0.4, -0.2) is 49.3 Å². The Kier molecular flexibility index (Phi) is 80300000. The van der Waals surface area contributed by atoms with Crippen molar-refractivity contribution in [2.24, 2.45) is 0 Å². The van der Waals surface area contributed by atoms with Gasteiger partial charge in [-0.3, -0.25) is 0 Å². The van der Waals surface area contributed by atoms with Crippen LogP contribution in [0.25, 0.3) is 0 Å². The van der Waals surface area contributed by atoms with E-state index in [4.69, 9.17) is 0 Å². The molecule has 0 saturated carbocycles. The molecule has 0 aromatic carbocycles. The maximum absolute atomic E-state index is 0. The first-order valence-electron chi connectivity index (χ1n) is 0. The van der Waals surface area contributed by atoms with Crippen molar-refractivity contribution in [1.82, 2.24) is 0 Å². The maximum atomic E-state index is 0. The average molecular weight is 218 g/mol. The van der Waals surface area contributed by atoms with Gasteiger partial charge in [0, 0.05) is 17.1 Å². The van der Waals surface area contributed by atoms with E-state index in [0.717, 1.165) is 0 Å². The second-order valence-corrected chi connectivity index (χ2v) is 0. The van der Waals surface area contributed by atoms with Gasteiger partial charge in [0.2, 0.25) is 0 Å². The van der Waals surface area contributed by atoms with Gasteiger partial charge < -0.3 is 49.3 Å². The largest absolute Gasteiger partial charge is 0.412 e. The van der Waals surface area contributed by atoms with Crippen molar-refractivity contribution < 1.29 is 66.4 Å². The molecule has 0 aromatic heterocycles. The molecule has 0 rings (SSSR count). The molecule has 0 amide bonds. The predicted octanol–water partition coefficient (Wildman–Crippen LogP) is -7.42. The fourth-order valence-corrected chi connectivity index (χ4v) is 0. The third kappa shape index (κ3) is 16400. The van der Waals surface area contributed by atoms with Gasteiger partial charge in [-0.2, -0.15) is 0 Å². The van der Waals surface area contributed by atoms with Gasteiger partial charge in [-0.15, -0.1) is 0 Å². The molecule has 10 heavy (non-hydrogen) atoms. The Morgan fingerprint density at radius 2 is 0.200 bits per heavy atom. The van der Waals surface area contributed by atoms with Crippen molar-refractivity contribution >= 4 is 0 Å². The standard InChI is InChI=1S/Fe.9H2O/h;9*1H2. The summed E-state index contributed by atoms with van der Waals surface area (Å²) in [6, 6.07) is 0. The SMILES string of the molecule is O.O.O.O.O.O.O.O.O.[Fe]. The van der Waals surface area contributed by atoms with Gasteiger partial charge >= 0.3 is 0 Å². The van der Waals surface area contributed by atoms with E-state index >= 15 is 0 Å². The molecular weight excluding hydrogens is 200 g/mol. The third-order valence-electron chi connectivity index (χ3n) is 0. The molecule has 18 N–H and O–H groups in total.